The lowest BCUT2D eigenvalue weighted by Crippen LogP contribution is -2.24. The van der Waals surface area contributed by atoms with Gasteiger partial charge >= 0.3 is 0 Å². The fraction of sp³-hybridized carbons (Fsp3) is 0.294. The number of thiophene rings is 1. The summed E-state index contributed by atoms with van der Waals surface area (Å²) in [4.78, 5) is 14.0. The number of hydrogen-bond donors (Lipinski definition) is 1. The molecule has 0 saturated heterocycles. The Hall–Kier alpha value is -2.14. The summed E-state index contributed by atoms with van der Waals surface area (Å²) in [6.45, 7) is 4.06. The Morgan fingerprint density at radius 2 is 2.00 bits per heavy atom. The highest BCUT2D eigenvalue weighted by molar-refractivity contribution is 7.20. The van der Waals surface area contributed by atoms with Gasteiger partial charge in [0.2, 0.25) is 0 Å². The molecule has 1 N–H and O–H groups in total. The Kier molecular flexibility index (Phi) is 3.04. The quantitative estimate of drug-likeness (QED) is 0.803. The zero-order chi connectivity index (χ0) is 15.3. The molecule has 0 bridgehead atoms. The number of rotatable bonds is 3. The summed E-state index contributed by atoms with van der Waals surface area (Å²) >= 11 is 1.51. The van der Waals surface area contributed by atoms with Crippen LogP contribution in [0.2, 0.25) is 0 Å². The van der Waals surface area contributed by atoms with Crippen molar-refractivity contribution in [2.75, 3.05) is 0 Å². The highest BCUT2D eigenvalue weighted by atomic mass is 32.1. The number of hydrogen-bond acceptors (Lipinski definition) is 3. The van der Waals surface area contributed by atoms with E-state index in [0.717, 1.165) is 39.3 Å². The number of aromatic nitrogens is 2. The van der Waals surface area contributed by atoms with Gasteiger partial charge in [0.1, 0.15) is 4.83 Å². The predicted octanol–water partition coefficient (Wildman–Crippen LogP) is 3.60. The van der Waals surface area contributed by atoms with Gasteiger partial charge in [-0.1, -0.05) is 17.7 Å². The summed E-state index contributed by atoms with van der Waals surface area (Å²) in [5.74, 6) is 0.0403. The Bertz CT molecular complexity index is 856. The van der Waals surface area contributed by atoms with Crippen molar-refractivity contribution in [3.8, 4) is 5.69 Å². The number of amides is 1. The van der Waals surface area contributed by atoms with Crippen LogP contribution in [0.3, 0.4) is 0 Å². The molecule has 1 saturated carbocycles. The van der Waals surface area contributed by atoms with Crippen molar-refractivity contribution < 1.29 is 4.79 Å². The molecule has 0 spiro atoms. The molecule has 1 aliphatic rings. The van der Waals surface area contributed by atoms with E-state index in [2.05, 4.69) is 41.6 Å². The standard InChI is InChI=1S/C17H17N3OS/c1-10-3-7-13(8-4-10)20-17-14(11(2)19-20)9-15(22-17)16(21)18-12-5-6-12/h3-4,7-9,12H,5-6H2,1-2H3,(H,18,21). The average Bonchev–Trinajstić information content (AvgIpc) is 3.11. The summed E-state index contributed by atoms with van der Waals surface area (Å²) in [6.07, 6.45) is 2.21. The second-order valence-corrected chi connectivity index (χ2v) is 6.94. The van der Waals surface area contributed by atoms with Crippen LogP contribution in [0.1, 0.15) is 33.8 Å². The first-order chi connectivity index (χ1) is 10.6. The van der Waals surface area contributed by atoms with E-state index in [4.69, 9.17) is 0 Å². The number of nitrogens with one attached hydrogen (secondary N) is 1. The number of fused-ring (bicyclic) bond motifs is 1. The van der Waals surface area contributed by atoms with E-state index in [-0.39, 0.29) is 5.91 Å². The molecule has 0 unspecified atom stereocenters. The van der Waals surface area contributed by atoms with Gasteiger partial charge in [0.05, 0.1) is 16.3 Å². The van der Waals surface area contributed by atoms with Crippen LogP contribution in [0.4, 0.5) is 0 Å². The summed E-state index contributed by atoms with van der Waals surface area (Å²) in [6, 6.07) is 10.6. The molecule has 5 heteroatoms. The lowest BCUT2D eigenvalue weighted by atomic mass is 10.2. The lowest BCUT2D eigenvalue weighted by molar-refractivity contribution is 0.0955. The van der Waals surface area contributed by atoms with E-state index in [1.54, 1.807) is 0 Å². The zero-order valence-corrected chi connectivity index (χ0v) is 13.4. The lowest BCUT2D eigenvalue weighted by Gasteiger charge is -2.03. The molecule has 4 rings (SSSR count). The maximum absolute atomic E-state index is 12.2. The van der Waals surface area contributed by atoms with Gasteiger partial charge in [-0.15, -0.1) is 11.3 Å². The molecule has 22 heavy (non-hydrogen) atoms. The van der Waals surface area contributed by atoms with Gasteiger partial charge in [0, 0.05) is 11.4 Å². The van der Waals surface area contributed by atoms with E-state index in [1.165, 1.54) is 16.9 Å². The van der Waals surface area contributed by atoms with Gasteiger partial charge in [-0.25, -0.2) is 4.68 Å². The molecule has 0 atom stereocenters. The number of nitrogens with zero attached hydrogens (tertiary/aromatic N) is 2. The third kappa shape index (κ3) is 2.31. The van der Waals surface area contributed by atoms with Gasteiger partial charge in [0.25, 0.3) is 5.91 Å². The minimum Gasteiger partial charge on any atom is -0.349 e. The van der Waals surface area contributed by atoms with Crippen molar-refractivity contribution in [3.63, 3.8) is 0 Å². The normalized spacial score (nSPS) is 14.5. The Labute approximate surface area is 132 Å². The van der Waals surface area contributed by atoms with Crippen LogP contribution in [-0.2, 0) is 0 Å². The monoisotopic (exact) mass is 311 g/mol. The van der Waals surface area contributed by atoms with E-state index < -0.39 is 0 Å². The number of aryl methyl sites for hydroxylation is 2. The van der Waals surface area contributed by atoms with Crippen molar-refractivity contribution in [2.45, 2.75) is 32.7 Å². The summed E-state index contributed by atoms with van der Waals surface area (Å²) in [7, 11) is 0. The van der Waals surface area contributed by atoms with Crippen molar-refractivity contribution >= 4 is 27.5 Å². The first kappa shape index (κ1) is 13.5. The molecule has 0 radical (unpaired) electrons. The highest BCUT2D eigenvalue weighted by Gasteiger charge is 2.25. The average molecular weight is 311 g/mol. The summed E-state index contributed by atoms with van der Waals surface area (Å²) in [5.41, 5.74) is 3.21. The molecule has 112 valence electrons. The highest BCUT2D eigenvalue weighted by Crippen LogP contribution is 2.31. The molecule has 0 aliphatic heterocycles. The van der Waals surface area contributed by atoms with Gasteiger partial charge in [0.15, 0.2) is 0 Å². The number of carbonyl (C=O) groups is 1. The van der Waals surface area contributed by atoms with Crippen molar-refractivity contribution in [1.29, 1.82) is 0 Å². The van der Waals surface area contributed by atoms with Crippen LogP contribution in [0, 0.1) is 13.8 Å². The molecule has 2 aromatic heterocycles. The van der Waals surface area contributed by atoms with E-state index in [9.17, 15) is 4.79 Å². The maximum Gasteiger partial charge on any atom is 0.261 e. The van der Waals surface area contributed by atoms with Crippen LogP contribution in [0.25, 0.3) is 15.9 Å². The molecule has 1 aromatic carbocycles. The smallest absolute Gasteiger partial charge is 0.261 e. The summed E-state index contributed by atoms with van der Waals surface area (Å²) < 4.78 is 1.93. The minimum absolute atomic E-state index is 0.0403. The first-order valence-corrected chi connectivity index (χ1v) is 8.30. The first-order valence-electron chi connectivity index (χ1n) is 7.49. The third-order valence-electron chi connectivity index (χ3n) is 3.96. The molecule has 4 nitrogen and oxygen atoms in total. The van der Waals surface area contributed by atoms with E-state index in [0.29, 0.717) is 6.04 Å². The SMILES string of the molecule is Cc1ccc(-n2nc(C)c3cc(C(=O)NC4CC4)sc32)cc1. The molecule has 3 aromatic rings. The molecular formula is C17H17N3OS. The molecule has 1 aliphatic carbocycles. The van der Waals surface area contributed by atoms with Gasteiger partial charge in [-0.05, 0) is 44.9 Å². The Balaban J connectivity index is 1.77. The Morgan fingerprint density at radius 1 is 1.27 bits per heavy atom. The van der Waals surface area contributed by atoms with Gasteiger partial charge < -0.3 is 5.32 Å². The third-order valence-corrected chi connectivity index (χ3v) is 5.07. The fourth-order valence-electron chi connectivity index (χ4n) is 2.50. The van der Waals surface area contributed by atoms with Gasteiger partial charge in [-0.2, -0.15) is 5.10 Å². The van der Waals surface area contributed by atoms with Crippen LogP contribution in [-0.4, -0.2) is 21.7 Å². The van der Waals surface area contributed by atoms with E-state index in [1.807, 2.05) is 17.7 Å². The maximum atomic E-state index is 12.2. The zero-order valence-electron chi connectivity index (χ0n) is 12.6. The van der Waals surface area contributed by atoms with Crippen LogP contribution in [0.5, 0.6) is 0 Å². The predicted molar refractivity (Wildman–Crippen MR) is 88.9 cm³/mol. The second kappa shape index (κ2) is 4.95. The van der Waals surface area contributed by atoms with Crippen molar-refractivity contribution in [1.82, 2.24) is 15.1 Å². The minimum atomic E-state index is 0.0403. The topological polar surface area (TPSA) is 46.9 Å². The fourth-order valence-corrected chi connectivity index (χ4v) is 3.59. The van der Waals surface area contributed by atoms with Crippen LogP contribution < -0.4 is 5.32 Å². The Morgan fingerprint density at radius 3 is 2.68 bits per heavy atom. The molecule has 1 fully saturated rings. The van der Waals surface area contributed by atoms with E-state index >= 15 is 0 Å². The summed E-state index contributed by atoms with van der Waals surface area (Å²) in [5, 5.41) is 8.73. The molecule has 1 amide bonds. The molecule has 2 heterocycles. The van der Waals surface area contributed by atoms with Crippen molar-refractivity contribution in [3.05, 3.63) is 46.5 Å². The van der Waals surface area contributed by atoms with Crippen molar-refractivity contribution in [2.24, 2.45) is 0 Å². The van der Waals surface area contributed by atoms with Crippen LogP contribution >= 0.6 is 11.3 Å². The number of carbonyl (C=O) groups excluding carboxylic acids is 1. The number of benzene rings is 1. The van der Waals surface area contributed by atoms with Crippen LogP contribution in [0.15, 0.2) is 30.3 Å². The molecular weight excluding hydrogens is 294 g/mol. The largest absolute Gasteiger partial charge is 0.349 e. The second-order valence-electron chi connectivity index (χ2n) is 5.91. The van der Waals surface area contributed by atoms with Gasteiger partial charge in [-0.3, -0.25) is 4.79 Å².